The highest BCUT2D eigenvalue weighted by molar-refractivity contribution is 5.90. The van der Waals surface area contributed by atoms with Crippen LogP contribution >= 0.6 is 0 Å². The maximum absolute atomic E-state index is 13.4. The number of para-hydroxylation sites is 1. The molecule has 11 nitrogen and oxygen atoms in total. The number of carbonyl (C=O) groups excluding carboxylic acids is 1. The molecule has 0 spiro atoms. The van der Waals surface area contributed by atoms with E-state index in [2.05, 4.69) is 30.2 Å². The molecule has 1 amide bonds. The van der Waals surface area contributed by atoms with Crippen molar-refractivity contribution in [2.24, 2.45) is 0 Å². The van der Waals surface area contributed by atoms with Gasteiger partial charge in [0.15, 0.2) is 11.6 Å². The molecular weight excluding hydrogens is 450 g/mol. The van der Waals surface area contributed by atoms with E-state index in [1.807, 2.05) is 25.1 Å². The second-order valence-corrected chi connectivity index (χ2v) is 7.79. The standard InChI is InChI=1S/C21H16F2N8O3/c1-10-3-2-4-13-16(10)33-18(27-13)15-14-12(24-9-25-14)5-6-30(15)20(32)19-29-28-17(34-19)11-7-26-31(8-11)21(22)23/h2-4,7-9,15,21H,5-6H2,1H3,(H,24,25)/t15-/m0/s1. The van der Waals surface area contributed by atoms with Crippen molar-refractivity contribution in [3.63, 3.8) is 0 Å². The van der Waals surface area contributed by atoms with Crippen LogP contribution in [0.1, 0.15) is 46.1 Å². The molecule has 0 aliphatic carbocycles. The summed E-state index contributed by atoms with van der Waals surface area (Å²) >= 11 is 0. The van der Waals surface area contributed by atoms with Gasteiger partial charge >= 0.3 is 18.3 Å². The van der Waals surface area contributed by atoms with Crippen LogP contribution in [0.2, 0.25) is 0 Å². The number of aromatic nitrogens is 7. The fourth-order valence-corrected chi connectivity index (χ4v) is 4.07. The number of aryl methyl sites for hydroxylation is 1. The Hall–Kier alpha value is -4.42. The minimum atomic E-state index is -2.81. The van der Waals surface area contributed by atoms with Gasteiger partial charge < -0.3 is 18.7 Å². The Morgan fingerprint density at radius 3 is 2.94 bits per heavy atom. The van der Waals surface area contributed by atoms with Crippen molar-refractivity contribution in [2.45, 2.75) is 25.9 Å². The summed E-state index contributed by atoms with van der Waals surface area (Å²) in [5.41, 5.74) is 3.87. The largest absolute Gasteiger partial charge is 0.438 e. The quantitative estimate of drug-likeness (QED) is 0.427. The van der Waals surface area contributed by atoms with Crippen molar-refractivity contribution in [3.05, 3.63) is 65.7 Å². The van der Waals surface area contributed by atoms with Crippen molar-refractivity contribution in [1.29, 1.82) is 0 Å². The lowest BCUT2D eigenvalue weighted by Crippen LogP contribution is -2.41. The molecule has 1 aliphatic rings. The highest BCUT2D eigenvalue weighted by atomic mass is 19.3. The first-order valence-electron chi connectivity index (χ1n) is 10.3. The van der Waals surface area contributed by atoms with Gasteiger partial charge in [-0.2, -0.15) is 13.9 Å². The van der Waals surface area contributed by atoms with Gasteiger partial charge in [-0.3, -0.25) is 4.79 Å². The van der Waals surface area contributed by atoms with Crippen LogP contribution in [0.4, 0.5) is 8.78 Å². The average Bonchev–Trinajstić information content (AvgIpc) is 3.62. The van der Waals surface area contributed by atoms with Gasteiger partial charge in [0.2, 0.25) is 5.89 Å². The van der Waals surface area contributed by atoms with Crippen LogP contribution in [0.3, 0.4) is 0 Å². The van der Waals surface area contributed by atoms with Crippen molar-refractivity contribution in [2.75, 3.05) is 6.54 Å². The molecule has 6 rings (SSSR count). The number of nitrogens with one attached hydrogen (secondary N) is 1. The molecular formula is C21H16F2N8O3. The number of alkyl halides is 2. The van der Waals surface area contributed by atoms with Gasteiger partial charge in [-0.05, 0) is 18.6 Å². The van der Waals surface area contributed by atoms with E-state index < -0.39 is 18.5 Å². The summed E-state index contributed by atoms with van der Waals surface area (Å²) in [6.45, 7) is -0.580. The number of imidazole rings is 1. The molecule has 172 valence electrons. The minimum Gasteiger partial charge on any atom is -0.438 e. The zero-order valence-electron chi connectivity index (χ0n) is 17.6. The first-order valence-corrected chi connectivity index (χ1v) is 10.3. The Kier molecular flexibility index (Phi) is 4.50. The molecule has 0 fully saturated rings. The number of amides is 1. The first kappa shape index (κ1) is 20.2. The van der Waals surface area contributed by atoms with E-state index in [1.165, 1.54) is 4.90 Å². The molecule has 0 unspecified atom stereocenters. The minimum absolute atomic E-state index is 0.0956. The zero-order chi connectivity index (χ0) is 23.4. The topological polar surface area (TPSA) is 132 Å². The van der Waals surface area contributed by atoms with Crippen LogP contribution in [-0.2, 0) is 6.42 Å². The molecule has 0 saturated carbocycles. The molecule has 0 radical (unpaired) electrons. The number of nitrogens with zero attached hydrogens (tertiary/aromatic N) is 7. The van der Waals surface area contributed by atoms with E-state index in [4.69, 9.17) is 8.83 Å². The van der Waals surface area contributed by atoms with Crippen molar-refractivity contribution >= 4 is 17.0 Å². The second-order valence-electron chi connectivity index (χ2n) is 7.79. The molecule has 34 heavy (non-hydrogen) atoms. The summed E-state index contributed by atoms with van der Waals surface area (Å²) in [5.74, 6) is -0.640. The number of oxazole rings is 1. The van der Waals surface area contributed by atoms with Crippen LogP contribution in [0, 0.1) is 6.92 Å². The molecule has 0 saturated heterocycles. The van der Waals surface area contributed by atoms with E-state index in [0.717, 1.165) is 23.7 Å². The summed E-state index contributed by atoms with van der Waals surface area (Å²) in [7, 11) is 0. The van der Waals surface area contributed by atoms with Gasteiger partial charge in [0.05, 0.1) is 23.8 Å². The summed E-state index contributed by atoms with van der Waals surface area (Å²) in [4.78, 5) is 27.1. The lowest BCUT2D eigenvalue weighted by molar-refractivity contribution is 0.0565. The Morgan fingerprint density at radius 1 is 1.26 bits per heavy atom. The number of aromatic amines is 1. The van der Waals surface area contributed by atoms with Crippen molar-refractivity contribution in [1.82, 2.24) is 39.8 Å². The number of hydrogen-bond donors (Lipinski definition) is 1. The summed E-state index contributed by atoms with van der Waals surface area (Å²) < 4.78 is 37.7. The Balaban J connectivity index is 1.37. The SMILES string of the molecule is Cc1cccc2nc([C@@H]3c4nc[nH]c4CCN3C(=O)c3nnc(-c4cnn(C(F)F)c4)o3)oc12. The maximum atomic E-state index is 13.4. The van der Waals surface area contributed by atoms with Crippen LogP contribution in [0.5, 0.6) is 0 Å². The van der Waals surface area contributed by atoms with Crippen molar-refractivity contribution < 1.29 is 22.4 Å². The summed E-state index contributed by atoms with van der Waals surface area (Å²) in [6, 6.07) is 4.91. The number of rotatable bonds is 4. The molecule has 1 aromatic carbocycles. The van der Waals surface area contributed by atoms with Gasteiger partial charge in [-0.1, -0.05) is 12.1 Å². The number of carbonyl (C=O) groups is 1. The number of H-pyrrole nitrogens is 1. The molecule has 1 atom stereocenters. The predicted molar refractivity (Wildman–Crippen MR) is 111 cm³/mol. The van der Waals surface area contributed by atoms with Crippen LogP contribution in [-0.4, -0.2) is 52.3 Å². The highest BCUT2D eigenvalue weighted by Crippen LogP contribution is 2.36. The lowest BCUT2D eigenvalue weighted by Gasteiger charge is -2.31. The maximum Gasteiger partial charge on any atom is 0.333 e. The number of benzene rings is 1. The van der Waals surface area contributed by atoms with E-state index in [1.54, 1.807) is 6.33 Å². The Labute approximate surface area is 189 Å². The van der Waals surface area contributed by atoms with E-state index in [9.17, 15) is 13.6 Å². The number of hydrogen-bond acceptors (Lipinski definition) is 8. The van der Waals surface area contributed by atoms with Gasteiger partial charge in [0.25, 0.3) is 5.89 Å². The first-order chi connectivity index (χ1) is 16.5. The molecule has 0 bridgehead atoms. The third kappa shape index (κ3) is 3.16. The molecule has 4 aromatic heterocycles. The normalized spacial score (nSPS) is 15.9. The predicted octanol–water partition coefficient (Wildman–Crippen LogP) is 3.29. The molecule has 1 N–H and O–H groups in total. The monoisotopic (exact) mass is 466 g/mol. The lowest BCUT2D eigenvalue weighted by atomic mass is 10.0. The molecule has 5 aromatic rings. The van der Waals surface area contributed by atoms with E-state index >= 15 is 0 Å². The Morgan fingerprint density at radius 2 is 2.15 bits per heavy atom. The number of halogens is 2. The number of fused-ring (bicyclic) bond motifs is 2. The van der Waals surface area contributed by atoms with E-state index in [0.29, 0.717) is 40.3 Å². The summed E-state index contributed by atoms with van der Waals surface area (Å²) in [6.07, 6.45) is 4.31. The van der Waals surface area contributed by atoms with Gasteiger partial charge in [-0.25, -0.2) is 14.6 Å². The van der Waals surface area contributed by atoms with Crippen molar-refractivity contribution in [3.8, 4) is 11.5 Å². The smallest absolute Gasteiger partial charge is 0.333 e. The summed E-state index contributed by atoms with van der Waals surface area (Å²) in [5, 5.41) is 11.2. The Bertz CT molecular complexity index is 1520. The van der Waals surface area contributed by atoms with Crippen LogP contribution in [0.15, 0.2) is 45.8 Å². The molecule has 13 heteroatoms. The van der Waals surface area contributed by atoms with Crippen LogP contribution < -0.4 is 0 Å². The fourth-order valence-electron chi connectivity index (χ4n) is 4.07. The highest BCUT2D eigenvalue weighted by Gasteiger charge is 2.39. The second kappa shape index (κ2) is 7.57. The molecule has 1 aliphatic heterocycles. The van der Waals surface area contributed by atoms with E-state index in [-0.39, 0.29) is 17.3 Å². The third-order valence-corrected chi connectivity index (χ3v) is 5.70. The third-order valence-electron chi connectivity index (χ3n) is 5.70. The zero-order valence-corrected chi connectivity index (χ0v) is 17.6. The average molecular weight is 466 g/mol. The van der Waals surface area contributed by atoms with Crippen LogP contribution in [0.25, 0.3) is 22.6 Å². The molecule has 5 heterocycles. The fraction of sp³-hybridized carbons (Fsp3) is 0.238. The van der Waals surface area contributed by atoms with Gasteiger partial charge in [0, 0.05) is 24.9 Å². The van der Waals surface area contributed by atoms with Gasteiger partial charge in [-0.15, -0.1) is 10.2 Å². The van der Waals surface area contributed by atoms with Gasteiger partial charge in [0.1, 0.15) is 5.52 Å².